The van der Waals surface area contributed by atoms with Crippen LogP contribution < -0.4 is 5.32 Å². The van der Waals surface area contributed by atoms with Gasteiger partial charge in [-0.3, -0.25) is 0 Å². The van der Waals surface area contributed by atoms with Gasteiger partial charge in [0.05, 0.1) is 0 Å². The third-order valence-corrected chi connectivity index (χ3v) is 2.82. The molecule has 106 valence electrons. The van der Waals surface area contributed by atoms with Gasteiger partial charge >= 0.3 is 0 Å². The molecule has 0 aliphatic rings. The van der Waals surface area contributed by atoms with Gasteiger partial charge in [-0.1, -0.05) is 25.4 Å². The summed E-state index contributed by atoms with van der Waals surface area (Å²) in [6.07, 6.45) is 0. The van der Waals surface area contributed by atoms with Gasteiger partial charge in [-0.05, 0) is 17.7 Å². The number of anilines is 1. The molecule has 0 saturated carbocycles. The van der Waals surface area contributed by atoms with E-state index < -0.39 is 11.6 Å². The van der Waals surface area contributed by atoms with Crippen LogP contribution in [0.3, 0.4) is 0 Å². The lowest BCUT2D eigenvalue weighted by Crippen LogP contribution is -2.06. The number of rotatable bonds is 4. The van der Waals surface area contributed by atoms with E-state index >= 15 is 0 Å². The number of benzene rings is 1. The topological polar surface area (TPSA) is 37.8 Å². The minimum atomic E-state index is -0.606. The molecule has 0 spiro atoms. The van der Waals surface area contributed by atoms with Gasteiger partial charge in [-0.2, -0.15) is 0 Å². The largest absolute Gasteiger partial charge is 0.366 e. The van der Waals surface area contributed by atoms with Gasteiger partial charge in [0.1, 0.15) is 28.4 Å². The lowest BCUT2D eigenvalue weighted by atomic mass is 10.2. The Labute approximate surface area is 121 Å². The zero-order valence-corrected chi connectivity index (χ0v) is 11.9. The SMILES string of the molecule is CC(C)c1nc(Cl)cc(NCc2cc(F)cc(F)c2)n1. The molecule has 2 rings (SSSR count). The molecule has 1 aromatic carbocycles. The molecule has 1 N–H and O–H groups in total. The molecule has 6 heteroatoms. The second kappa shape index (κ2) is 6.13. The molecule has 3 nitrogen and oxygen atoms in total. The molecule has 1 heterocycles. The predicted molar refractivity (Wildman–Crippen MR) is 74.8 cm³/mol. The summed E-state index contributed by atoms with van der Waals surface area (Å²) in [5.74, 6) is 0.0698. The van der Waals surface area contributed by atoms with Crippen LogP contribution in [-0.2, 0) is 6.54 Å². The highest BCUT2D eigenvalue weighted by molar-refractivity contribution is 6.29. The summed E-state index contributed by atoms with van der Waals surface area (Å²) in [7, 11) is 0. The molecule has 0 fully saturated rings. The van der Waals surface area contributed by atoms with E-state index in [1.165, 1.54) is 12.1 Å². The average molecular weight is 298 g/mol. The molecule has 0 atom stereocenters. The van der Waals surface area contributed by atoms with E-state index in [1.807, 2.05) is 13.8 Å². The van der Waals surface area contributed by atoms with Crippen molar-refractivity contribution in [2.45, 2.75) is 26.3 Å². The van der Waals surface area contributed by atoms with Crippen LogP contribution in [0.25, 0.3) is 0 Å². The number of aromatic nitrogens is 2. The Hall–Kier alpha value is -1.75. The molecule has 0 radical (unpaired) electrons. The fraction of sp³-hybridized carbons (Fsp3) is 0.286. The molecule has 0 amide bonds. The monoisotopic (exact) mass is 297 g/mol. The molecular formula is C14H14ClF2N3. The van der Waals surface area contributed by atoms with E-state index in [1.54, 1.807) is 6.07 Å². The minimum absolute atomic E-state index is 0.140. The normalized spacial score (nSPS) is 10.9. The minimum Gasteiger partial charge on any atom is -0.366 e. The summed E-state index contributed by atoms with van der Waals surface area (Å²) in [5.41, 5.74) is 0.489. The van der Waals surface area contributed by atoms with Crippen LogP contribution in [0.4, 0.5) is 14.6 Å². The summed E-state index contributed by atoms with van der Waals surface area (Å²) in [4.78, 5) is 8.41. The molecule has 0 saturated heterocycles. The zero-order chi connectivity index (χ0) is 14.7. The Morgan fingerprint density at radius 2 is 1.75 bits per heavy atom. The number of nitrogens with zero attached hydrogens (tertiary/aromatic N) is 2. The van der Waals surface area contributed by atoms with Crippen molar-refractivity contribution in [3.63, 3.8) is 0 Å². The van der Waals surface area contributed by atoms with E-state index in [0.29, 0.717) is 22.4 Å². The highest BCUT2D eigenvalue weighted by Crippen LogP contribution is 2.18. The fourth-order valence-electron chi connectivity index (χ4n) is 1.69. The van der Waals surface area contributed by atoms with Crippen molar-refractivity contribution in [1.29, 1.82) is 0 Å². The second-order valence-corrected chi connectivity index (χ2v) is 5.11. The van der Waals surface area contributed by atoms with Gasteiger partial charge in [-0.15, -0.1) is 0 Å². The molecule has 1 aromatic heterocycles. The first-order valence-corrected chi connectivity index (χ1v) is 6.55. The third-order valence-electron chi connectivity index (χ3n) is 2.62. The van der Waals surface area contributed by atoms with E-state index in [0.717, 1.165) is 6.07 Å². The smallest absolute Gasteiger partial charge is 0.135 e. The quantitative estimate of drug-likeness (QED) is 0.862. The Morgan fingerprint density at radius 1 is 1.10 bits per heavy atom. The first-order valence-electron chi connectivity index (χ1n) is 6.17. The van der Waals surface area contributed by atoms with E-state index in [2.05, 4.69) is 15.3 Å². The zero-order valence-electron chi connectivity index (χ0n) is 11.1. The van der Waals surface area contributed by atoms with Crippen molar-refractivity contribution in [2.75, 3.05) is 5.32 Å². The van der Waals surface area contributed by atoms with Gasteiger partial charge < -0.3 is 5.32 Å². The number of halogens is 3. The van der Waals surface area contributed by atoms with E-state index in [9.17, 15) is 8.78 Å². The Balaban J connectivity index is 2.14. The fourth-order valence-corrected chi connectivity index (χ4v) is 1.88. The van der Waals surface area contributed by atoms with Crippen LogP contribution in [0.1, 0.15) is 31.2 Å². The van der Waals surface area contributed by atoms with E-state index in [-0.39, 0.29) is 12.5 Å². The van der Waals surface area contributed by atoms with Crippen LogP contribution in [0.2, 0.25) is 5.15 Å². The van der Waals surface area contributed by atoms with Crippen molar-refractivity contribution in [2.24, 2.45) is 0 Å². The summed E-state index contributed by atoms with van der Waals surface area (Å²) in [6.45, 7) is 4.16. The number of hydrogen-bond donors (Lipinski definition) is 1. The molecular weight excluding hydrogens is 284 g/mol. The summed E-state index contributed by atoms with van der Waals surface area (Å²) < 4.78 is 26.1. The predicted octanol–water partition coefficient (Wildman–Crippen LogP) is 4.14. The van der Waals surface area contributed by atoms with E-state index in [4.69, 9.17) is 11.6 Å². The van der Waals surface area contributed by atoms with Crippen LogP contribution >= 0.6 is 11.6 Å². The van der Waals surface area contributed by atoms with Crippen LogP contribution in [-0.4, -0.2) is 9.97 Å². The lowest BCUT2D eigenvalue weighted by molar-refractivity contribution is 0.580. The molecule has 0 bridgehead atoms. The van der Waals surface area contributed by atoms with Gasteiger partial charge in [0.25, 0.3) is 0 Å². The lowest BCUT2D eigenvalue weighted by Gasteiger charge is -2.10. The molecule has 0 aliphatic heterocycles. The first kappa shape index (κ1) is 14.7. The van der Waals surface area contributed by atoms with Crippen molar-refractivity contribution >= 4 is 17.4 Å². The maximum absolute atomic E-state index is 13.1. The van der Waals surface area contributed by atoms with Gasteiger partial charge in [-0.25, -0.2) is 18.7 Å². The van der Waals surface area contributed by atoms with Crippen molar-refractivity contribution in [3.05, 3.63) is 52.4 Å². The standard InChI is InChI=1S/C14H14ClF2N3/c1-8(2)14-19-12(15)6-13(20-14)18-7-9-3-10(16)5-11(17)4-9/h3-6,8H,7H2,1-2H3,(H,18,19,20). The molecule has 0 aliphatic carbocycles. The molecule has 0 unspecified atom stereocenters. The summed E-state index contributed by atoms with van der Waals surface area (Å²) in [6, 6.07) is 4.94. The Kier molecular flexibility index (Phi) is 4.49. The molecule has 20 heavy (non-hydrogen) atoms. The van der Waals surface area contributed by atoms with Crippen molar-refractivity contribution in [3.8, 4) is 0 Å². The highest BCUT2D eigenvalue weighted by atomic mass is 35.5. The molecule has 2 aromatic rings. The van der Waals surface area contributed by atoms with Crippen LogP contribution in [0, 0.1) is 11.6 Å². The summed E-state index contributed by atoms with van der Waals surface area (Å²) >= 11 is 5.92. The van der Waals surface area contributed by atoms with Gasteiger partial charge in [0.15, 0.2) is 0 Å². The first-order chi connectivity index (χ1) is 9.44. The number of hydrogen-bond acceptors (Lipinski definition) is 3. The van der Waals surface area contributed by atoms with Crippen LogP contribution in [0.15, 0.2) is 24.3 Å². The van der Waals surface area contributed by atoms with Gasteiger partial charge in [0.2, 0.25) is 0 Å². The van der Waals surface area contributed by atoms with Gasteiger partial charge in [0, 0.05) is 24.6 Å². The van der Waals surface area contributed by atoms with Crippen molar-refractivity contribution in [1.82, 2.24) is 9.97 Å². The highest BCUT2D eigenvalue weighted by Gasteiger charge is 2.07. The Bertz CT molecular complexity index is 597. The maximum atomic E-state index is 13.1. The Morgan fingerprint density at radius 3 is 2.35 bits per heavy atom. The second-order valence-electron chi connectivity index (χ2n) is 4.72. The maximum Gasteiger partial charge on any atom is 0.135 e. The van der Waals surface area contributed by atoms with Crippen molar-refractivity contribution < 1.29 is 8.78 Å². The summed E-state index contributed by atoms with van der Waals surface area (Å²) in [5, 5.41) is 3.31. The average Bonchev–Trinajstić information content (AvgIpc) is 2.34. The van der Waals surface area contributed by atoms with Crippen LogP contribution in [0.5, 0.6) is 0 Å². The number of nitrogens with one attached hydrogen (secondary N) is 1. The third kappa shape index (κ3) is 3.87.